The highest BCUT2D eigenvalue weighted by molar-refractivity contribution is 4.82. The highest BCUT2D eigenvalue weighted by Gasteiger charge is 2.27. The second kappa shape index (κ2) is 8.26. The van der Waals surface area contributed by atoms with Gasteiger partial charge in [-0.1, -0.05) is 59.8 Å². The Morgan fingerprint density at radius 2 is 1.79 bits per heavy atom. The van der Waals surface area contributed by atoms with Crippen molar-refractivity contribution in [2.45, 2.75) is 91.5 Å². The van der Waals surface area contributed by atoms with Gasteiger partial charge in [-0.2, -0.15) is 0 Å². The van der Waals surface area contributed by atoms with Crippen molar-refractivity contribution >= 4 is 0 Å². The van der Waals surface area contributed by atoms with E-state index in [2.05, 4.69) is 33.1 Å². The van der Waals surface area contributed by atoms with E-state index in [-0.39, 0.29) is 0 Å². The Balaban J connectivity index is 2.31. The third-order valence-corrected chi connectivity index (χ3v) is 4.85. The molecule has 19 heavy (non-hydrogen) atoms. The van der Waals surface area contributed by atoms with Crippen molar-refractivity contribution in [3.05, 3.63) is 0 Å². The normalized spacial score (nSPS) is 26.4. The van der Waals surface area contributed by atoms with Crippen LogP contribution in [-0.4, -0.2) is 6.04 Å². The van der Waals surface area contributed by atoms with Crippen molar-refractivity contribution in [2.75, 3.05) is 0 Å². The third kappa shape index (κ3) is 6.76. The minimum absolute atomic E-state index is 0.424. The molecule has 0 amide bonds. The molecule has 1 rings (SSSR count). The summed E-state index contributed by atoms with van der Waals surface area (Å²) in [7, 11) is 0. The van der Waals surface area contributed by atoms with Gasteiger partial charge in [-0.25, -0.2) is 0 Å². The predicted octanol–water partition coefficient (Wildman–Crippen LogP) is 4.64. The number of hydrogen-bond donors (Lipinski definition) is 2. The molecule has 0 radical (unpaired) electrons. The molecule has 1 unspecified atom stereocenters. The van der Waals surface area contributed by atoms with Gasteiger partial charge >= 0.3 is 0 Å². The van der Waals surface area contributed by atoms with Gasteiger partial charge in [-0.3, -0.25) is 11.3 Å². The topological polar surface area (TPSA) is 38.0 Å². The van der Waals surface area contributed by atoms with Gasteiger partial charge in [0.25, 0.3) is 0 Å². The quantitative estimate of drug-likeness (QED) is 0.521. The minimum atomic E-state index is 0.424. The lowest BCUT2D eigenvalue weighted by Crippen LogP contribution is -2.42. The van der Waals surface area contributed by atoms with Gasteiger partial charge in [0, 0.05) is 6.04 Å². The summed E-state index contributed by atoms with van der Waals surface area (Å²) in [6.45, 7) is 9.26. The van der Waals surface area contributed by atoms with Crippen LogP contribution in [0.15, 0.2) is 0 Å². The maximum absolute atomic E-state index is 5.80. The van der Waals surface area contributed by atoms with Crippen LogP contribution in [-0.2, 0) is 0 Å². The van der Waals surface area contributed by atoms with E-state index in [0.29, 0.717) is 11.5 Å². The van der Waals surface area contributed by atoms with E-state index in [1.807, 2.05) is 0 Å². The number of hydrazine groups is 1. The fourth-order valence-electron chi connectivity index (χ4n) is 3.42. The molecule has 0 aromatic carbocycles. The molecule has 1 atom stereocenters. The van der Waals surface area contributed by atoms with Crippen molar-refractivity contribution in [2.24, 2.45) is 23.1 Å². The summed E-state index contributed by atoms with van der Waals surface area (Å²) < 4.78 is 0. The number of nitrogens with two attached hydrogens (primary N) is 1. The summed E-state index contributed by atoms with van der Waals surface area (Å²) in [6, 6.07) is 0.534. The van der Waals surface area contributed by atoms with E-state index in [1.165, 1.54) is 57.8 Å². The first-order chi connectivity index (χ1) is 8.96. The maximum Gasteiger partial charge on any atom is 0.0238 e. The molecule has 1 fully saturated rings. The summed E-state index contributed by atoms with van der Waals surface area (Å²) in [5.41, 5.74) is 3.53. The molecule has 0 spiro atoms. The van der Waals surface area contributed by atoms with E-state index in [9.17, 15) is 0 Å². The number of hydrogen-bond acceptors (Lipinski definition) is 2. The summed E-state index contributed by atoms with van der Waals surface area (Å²) in [5, 5.41) is 0. The van der Waals surface area contributed by atoms with Gasteiger partial charge in [-0.15, -0.1) is 0 Å². The molecule has 1 saturated carbocycles. The summed E-state index contributed by atoms with van der Waals surface area (Å²) in [5.74, 6) is 7.61. The molecule has 2 heteroatoms. The van der Waals surface area contributed by atoms with Gasteiger partial charge in [0.1, 0.15) is 0 Å². The van der Waals surface area contributed by atoms with E-state index in [0.717, 1.165) is 11.8 Å². The Morgan fingerprint density at radius 3 is 2.26 bits per heavy atom. The molecular formula is C17H36N2. The fraction of sp³-hybridized carbons (Fsp3) is 1.00. The van der Waals surface area contributed by atoms with Crippen molar-refractivity contribution < 1.29 is 0 Å². The number of rotatable bonds is 7. The van der Waals surface area contributed by atoms with E-state index < -0.39 is 0 Å². The lowest BCUT2D eigenvalue weighted by atomic mass is 9.75. The van der Waals surface area contributed by atoms with Crippen LogP contribution in [0.25, 0.3) is 0 Å². The van der Waals surface area contributed by atoms with Crippen LogP contribution in [0.2, 0.25) is 0 Å². The smallest absolute Gasteiger partial charge is 0.0238 e. The molecule has 1 aliphatic rings. The van der Waals surface area contributed by atoms with Crippen LogP contribution in [0.1, 0.15) is 85.5 Å². The highest BCUT2D eigenvalue weighted by Crippen LogP contribution is 2.35. The average molecular weight is 268 g/mol. The fourth-order valence-corrected chi connectivity index (χ4v) is 3.42. The Kier molecular flexibility index (Phi) is 7.38. The summed E-state index contributed by atoms with van der Waals surface area (Å²) in [6.07, 6.45) is 12.3. The Hall–Kier alpha value is -0.0800. The van der Waals surface area contributed by atoms with Crippen molar-refractivity contribution in [1.29, 1.82) is 0 Å². The minimum Gasteiger partial charge on any atom is -0.271 e. The highest BCUT2D eigenvalue weighted by atomic mass is 15.2. The first kappa shape index (κ1) is 17.0. The van der Waals surface area contributed by atoms with Gasteiger partial charge in [0.15, 0.2) is 0 Å². The summed E-state index contributed by atoms with van der Waals surface area (Å²) in [4.78, 5) is 0. The number of nitrogens with one attached hydrogen (secondary N) is 1. The van der Waals surface area contributed by atoms with Crippen LogP contribution in [0.3, 0.4) is 0 Å². The molecule has 0 aliphatic heterocycles. The molecule has 3 N–H and O–H groups in total. The molecule has 0 aromatic rings. The monoisotopic (exact) mass is 268 g/mol. The molecule has 0 bridgehead atoms. The zero-order chi connectivity index (χ0) is 14.3. The van der Waals surface area contributed by atoms with Crippen LogP contribution < -0.4 is 11.3 Å². The van der Waals surface area contributed by atoms with Crippen molar-refractivity contribution in [3.63, 3.8) is 0 Å². The van der Waals surface area contributed by atoms with Crippen LogP contribution >= 0.6 is 0 Å². The van der Waals surface area contributed by atoms with Gasteiger partial charge in [0.05, 0.1) is 0 Å². The molecule has 1 aliphatic carbocycles. The second-order valence-electron chi connectivity index (χ2n) is 7.80. The molecule has 114 valence electrons. The first-order valence-electron chi connectivity index (χ1n) is 8.42. The molecule has 0 heterocycles. The van der Waals surface area contributed by atoms with Crippen LogP contribution in [0, 0.1) is 17.3 Å². The SMILES string of the molecule is CCCCC1CCC(C(CCC(C)(C)C)NN)CC1. The van der Waals surface area contributed by atoms with E-state index in [1.54, 1.807) is 0 Å². The second-order valence-corrected chi connectivity index (χ2v) is 7.80. The Labute approximate surface area is 120 Å². The molecular weight excluding hydrogens is 232 g/mol. The third-order valence-electron chi connectivity index (χ3n) is 4.85. The zero-order valence-electron chi connectivity index (χ0n) is 13.7. The number of unbranched alkanes of at least 4 members (excludes halogenated alkanes) is 1. The molecule has 2 nitrogen and oxygen atoms in total. The van der Waals surface area contributed by atoms with Gasteiger partial charge in [0.2, 0.25) is 0 Å². The first-order valence-corrected chi connectivity index (χ1v) is 8.42. The van der Waals surface area contributed by atoms with Crippen molar-refractivity contribution in [1.82, 2.24) is 5.43 Å². The lowest BCUT2D eigenvalue weighted by molar-refractivity contribution is 0.193. The van der Waals surface area contributed by atoms with E-state index in [4.69, 9.17) is 5.84 Å². The molecule has 0 saturated heterocycles. The lowest BCUT2D eigenvalue weighted by Gasteiger charge is -2.34. The van der Waals surface area contributed by atoms with Gasteiger partial charge < -0.3 is 0 Å². The zero-order valence-corrected chi connectivity index (χ0v) is 13.7. The average Bonchev–Trinajstić information content (AvgIpc) is 2.37. The summed E-state index contributed by atoms with van der Waals surface area (Å²) >= 11 is 0. The van der Waals surface area contributed by atoms with Gasteiger partial charge in [-0.05, 0) is 42.9 Å². The molecule has 0 aromatic heterocycles. The Morgan fingerprint density at radius 1 is 1.16 bits per heavy atom. The largest absolute Gasteiger partial charge is 0.271 e. The van der Waals surface area contributed by atoms with Crippen LogP contribution in [0.4, 0.5) is 0 Å². The maximum atomic E-state index is 5.80. The van der Waals surface area contributed by atoms with E-state index >= 15 is 0 Å². The Bertz CT molecular complexity index is 224. The standard InChI is InChI=1S/C17H36N2/c1-5-6-7-14-8-10-15(11-9-14)16(19-18)12-13-17(2,3)4/h14-16,19H,5-13,18H2,1-4H3. The van der Waals surface area contributed by atoms with Crippen LogP contribution in [0.5, 0.6) is 0 Å². The van der Waals surface area contributed by atoms with Crippen molar-refractivity contribution in [3.8, 4) is 0 Å². The predicted molar refractivity (Wildman–Crippen MR) is 84.8 cm³/mol.